The lowest BCUT2D eigenvalue weighted by molar-refractivity contribution is -0.112. The van der Waals surface area contributed by atoms with Gasteiger partial charge in [0.25, 0.3) is 0 Å². The zero-order chi connectivity index (χ0) is 20.0. The van der Waals surface area contributed by atoms with Crippen LogP contribution >= 0.6 is 0 Å². The lowest BCUT2D eigenvalue weighted by atomic mass is 9.94. The summed E-state index contributed by atoms with van der Waals surface area (Å²) in [7, 11) is 0. The molecule has 2 aromatic carbocycles. The van der Waals surface area contributed by atoms with Crippen LogP contribution in [-0.4, -0.2) is 51.4 Å². The van der Waals surface area contributed by atoms with Crippen LogP contribution in [0, 0.1) is 0 Å². The fourth-order valence-electron chi connectivity index (χ4n) is 3.71. The van der Waals surface area contributed by atoms with E-state index in [0.717, 1.165) is 17.2 Å². The third-order valence-corrected chi connectivity index (χ3v) is 5.20. The van der Waals surface area contributed by atoms with Gasteiger partial charge in [0.15, 0.2) is 5.78 Å². The van der Waals surface area contributed by atoms with Crippen molar-refractivity contribution in [2.24, 2.45) is 0 Å². The molecule has 2 aromatic rings. The Balaban J connectivity index is 1.62. The highest BCUT2D eigenvalue weighted by Gasteiger charge is 2.37. The number of ketones is 1. The van der Waals surface area contributed by atoms with E-state index in [1.165, 1.54) is 0 Å². The van der Waals surface area contributed by atoms with Gasteiger partial charge in [-0.1, -0.05) is 36.4 Å². The number of aliphatic hydroxyl groups excluding tert-OH is 3. The van der Waals surface area contributed by atoms with Crippen LogP contribution < -0.4 is 10.6 Å². The highest BCUT2D eigenvalue weighted by molar-refractivity contribution is 6.25. The minimum absolute atomic E-state index is 0.102. The first-order valence-corrected chi connectivity index (χ1v) is 8.99. The highest BCUT2D eigenvalue weighted by Crippen LogP contribution is 2.39. The van der Waals surface area contributed by atoms with Crippen LogP contribution in [0.5, 0.6) is 0 Å². The molecule has 0 saturated carbocycles. The Kier molecular flexibility index (Phi) is 4.50. The van der Waals surface area contributed by atoms with Gasteiger partial charge in [-0.05, 0) is 24.1 Å². The summed E-state index contributed by atoms with van der Waals surface area (Å²) in [6.45, 7) is 1.63. The molecule has 5 N–H and O–H groups in total. The number of amides is 1. The lowest BCUT2D eigenvalue weighted by Gasteiger charge is -2.36. The maximum atomic E-state index is 12.8. The van der Waals surface area contributed by atoms with Crippen molar-refractivity contribution in [3.8, 4) is 11.1 Å². The van der Waals surface area contributed by atoms with Gasteiger partial charge < -0.3 is 26.0 Å². The third kappa shape index (κ3) is 2.90. The molecule has 2 aliphatic rings. The molecule has 0 spiro atoms. The van der Waals surface area contributed by atoms with Gasteiger partial charge >= 0.3 is 0 Å². The van der Waals surface area contributed by atoms with E-state index in [2.05, 4.69) is 10.6 Å². The zero-order valence-electron chi connectivity index (χ0n) is 15.1. The maximum Gasteiger partial charge on any atom is 0.250 e. The molecule has 4 rings (SSSR count). The summed E-state index contributed by atoms with van der Waals surface area (Å²) in [5.74, 6) is -0.716. The molecule has 1 aliphatic heterocycles. The summed E-state index contributed by atoms with van der Waals surface area (Å²) in [5, 5.41) is 35.3. The zero-order valence-corrected chi connectivity index (χ0v) is 15.1. The third-order valence-electron chi connectivity index (χ3n) is 5.20. The topological polar surface area (TPSA) is 119 Å². The minimum atomic E-state index is -1.41. The predicted molar refractivity (Wildman–Crippen MR) is 103 cm³/mol. The largest absolute Gasteiger partial charge is 0.388 e. The van der Waals surface area contributed by atoms with Crippen LogP contribution in [0.25, 0.3) is 11.1 Å². The number of carbonyl (C=O) groups excluding carboxylic acids is 2. The Morgan fingerprint density at radius 2 is 1.68 bits per heavy atom. The normalized spacial score (nSPS) is 27.1. The van der Waals surface area contributed by atoms with Gasteiger partial charge in [0.1, 0.15) is 18.3 Å². The predicted octanol–water partition coefficient (Wildman–Crippen LogP) is 0.795. The number of rotatable bonds is 2. The van der Waals surface area contributed by atoms with Crippen molar-refractivity contribution in [1.82, 2.24) is 5.32 Å². The van der Waals surface area contributed by atoms with Crippen molar-refractivity contribution in [3.05, 3.63) is 65.4 Å². The van der Waals surface area contributed by atoms with Gasteiger partial charge in [0.2, 0.25) is 5.91 Å². The van der Waals surface area contributed by atoms with Crippen molar-refractivity contribution in [3.63, 3.8) is 0 Å². The van der Waals surface area contributed by atoms with Crippen molar-refractivity contribution < 1.29 is 24.9 Å². The molecule has 28 heavy (non-hydrogen) atoms. The summed E-state index contributed by atoms with van der Waals surface area (Å²) >= 11 is 0. The second-order valence-electron chi connectivity index (χ2n) is 7.05. The van der Waals surface area contributed by atoms with Crippen LogP contribution in [-0.2, 0) is 4.79 Å². The number of aliphatic hydroxyl groups is 3. The van der Waals surface area contributed by atoms with E-state index < -0.39 is 30.3 Å². The average molecular weight is 380 g/mol. The smallest absolute Gasteiger partial charge is 0.250 e. The SMILES string of the molecule is C[C@@H]1N/C(=C\C(=O)Nc2cccc3c2C(=O)c2ccccc2-3)[C@@H](O)[C@H](O)[C@@H]1O. The molecule has 1 fully saturated rings. The van der Waals surface area contributed by atoms with E-state index >= 15 is 0 Å². The summed E-state index contributed by atoms with van der Waals surface area (Å²) in [4.78, 5) is 25.3. The summed E-state index contributed by atoms with van der Waals surface area (Å²) in [5.41, 5.74) is 3.08. The number of carbonyl (C=O) groups is 2. The number of piperidine rings is 1. The second kappa shape index (κ2) is 6.87. The van der Waals surface area contributed by atoms with Crippen molar-refractivity contribution in [2.75, 3.05) is 5.32 Å². The number of benzene rings is 2. The van der Waals surface area contributed by atoms with Crippen molar-refractivity contribution in [1.29, 1.82) is 0 Å². The molecule has 0 unspecified atom stereocenters. The van der Waals surface area contributed by atoms with E-state index in [-0.39, 0.29) is 11.5 Å². The number of anilines is 1. The number of hydrogen-bond acceptors (Lipinski definition) is 6. The highest BCUT2D eigenvalue weighted by atomic mass is 16.4. The molecule has 0 bridgehead atoms. The second-order valence-corrected chi connectivity index (χ2v) is 7.05. The van der Waals surface area contributed by atoms with Gasteiger partial charge in [-0.3, -0.25) is 9.59 Å². The molecular weight excluding hydrogens is 360 g/mol. The van der Waals surface area contributed by atoms with E-state index in [0.29, 0.717) is 16.8 Å². The minimum Gasteiger partial charge on any atom is -0.388 e. The monoisotopic (exact) mass is 380 g/mol. The molecule has 0 aromatic heterocycles. The van der Waals surface area contributed by atoms with Crippen LogP contribution in [0.4, 0.5) is 5.69 Å². The van der Waals surface area contributed by atoms with E-state index in [1.807, 2.05) is 18.2 Å². The van der Waals surface area contributed by atoms with Crippen LogP contribution in [0.2, 0.25) is 0 Å². The summed E-state index contributed by atoms with van der Waals surface area (Å²) in [6.07, 6.45) is -2.83. The molecule has 7 nitrogen and oxygen atoms in total. The van der Waals surface area contributed by atoms with Crippen LogP contribution in [0.15, 0.2) is 54.2 Å². The van der Waals surface area contributed by atoms with Gasteiger partial charge in [0.05, 0.1) is 17.3 Å². The molecule has 0 radical (unpaired) electrons. The van der Waals surface area contributed by atoms with Gasteiger partial charge in [-0.2, -0.15) is 0 Å². The van der Waals surface area contributed by atoms with Crippen molar-refractivity contribution >= 4 is 17.4 Å². The number of hydrogen-bond donors (Lipinski definition) is 5. The Morgan fingerprint density at radius 3 is 2.43 bits per heavy atom. The average Bonchev–Trinajstić information content (AvgIpc) is 2.98. The first-order valence-electron chi connectivity index (χ1n) is 8.99. The summed E-state index contributed by atoms with van der Waals surface area (Å²) < 4.78 is 0. The first kappa shape index (κ1) is 18.4. The molecule has 1 aliphatic carbocycles. The van der Waals surface area contributed by atoms with E-state index in [1.54, 1.807) is 31.2 Å². The van der Waals surface area contributed by atoms with Crippen molar-refractivity contribution in [2.45, 2.75) is 31.3 Å². The lowest BCUT2D eigenvalue weighted by Crippen LogP contribution is -2.57. The Bertz CT molecular complexity index is 1000. The van der Waals surface area contributed by atoms with Gasteiger partial charge in [-0.25, -0.2) is 0 Å². The van der Waals surface area contributed by atoms with E-state index in [9.17, 15) is 24.9 Å². The number of nitrogens with one attached hydrogen (secondary N) is 2. The fraction of sp³-hybridized carbons (Fsp3) is 0.238. The molecule has 7 heteroatoms. The maximum absolute atomic E-state index is 12.8. The molecular formula is C21H20N2O5. The van der Waals surface area contributed by atoms with Gasteiger partial charge in [-0.15, -0.1) is 0 Å². The fourth-order valence-corrected chi connectivity index (χ4v) is 3.71. The van der Waals surface area contributed by atoms with Crippen LogP contribution in [0.1, 0.15) is 22.8 Å². The van der Waals surface area contributed by atoms with E-state index in [4.69, 9.17) is 0 Å². The molecule has 1 heterocycles. The molecule has 1 amide bonds. The standard InChI is InChI=1S/C21H20N2O5/c1-10-18(25)21(28)20(27)15(22-10)9-16(24)23-14-8-4-7-12-11-5-2-3-6-13(11)19(26)17(12)14/h2-10,18,20-22,25,27-28H,1H3,(H,23,24)/b15-9-/t10-,18+,20+,21+/m0/s1. The Morgan fingerprint density at radius 1 is 1.00 bits per heavy atom. The Labute approximate surface area is 161 Å². The molecule has 144 valence electrons. The van der Waals surface area contributed by atoms with Gasteiger partial charge in [0, 0.05) is 17.3 Å². The molecule has 1 saturated heterocycles. The Hall–Kier alpha value is -3.00. The quantitative estimate of drug-likeness (QED) is 0.420. The number of fused-ring (bicyclic) bond motifs is 3. The first-order chi connectivity index (χ1) is 13.4. The molecule has 4 atom stereocenters. The van der Waals surface area contributed by atoms with Crippen LogP contribution in [0.3, 0.4) is 0 Å². The summed E-state index contributed by atoms with van der Waals surface area (Å²) in [6, 6.07) is 12.0.